The fraction of sp³-hybridized carbons (Fsp3) is 0.364. The van der Waals surface area contributed by atoms with Gasteiger partial charge in [-0.3, -0.25) is 0 Å². The summed E-state index contributed by atoms with van der Waals surface area (Å²) >= 11 is 6.03. The average molecular weight is 210 g/mol. The molecular weight excluding hydrogens is 198 g/mol. The number of methoxy groups -OCH3 is 1. The Hall–Kier alpha value is -1.20. The molecule has 1 rings (SSSR count). The Morgan fingerprint density at radius 1 is 1.57 bits per heavy atom. The standard InChI is InChI=1S/C11H12ClNO/c1-3-8(7-13)10-5-4-9(14-2)6-11(10)12/h4-6,8H,3H2,1-2H3. The van der Waals surface area contributed by atoms with Crippen LogP contribution in [0.3, 0.4) is 0 Å². The second-order valence-electron chi connectivity index (χ2n) is 2.98. The van der Waals surface area contributed by atoms with Gasteiger partial charge in [-0.1, -0.05) is 24.6 Å². The fourth-order valence-electron chi connectivity index (χ4n) is 1.30. The Bertz CT molecular complexity index is 357. The Morgan fingerprint density at radius 2 is 2.29 bits per heavy atom. The highest BCUT2D eigenvalue weighted by Gasteiger charge is 2.12. The van der Waals surface area contributed by atoms with Gasteiger partial charge in [0.15, 0.2) is 0 Å². The van der Waals surface area contributed by atoms with Crippen molar-refractivity contribution in [2.24, 2.45) is 0 Å². The highest BCUT2D eigenvalue weighted by Crippen LogP contribution is 2.29. The number of ether oxygens (including phenoxy) is 1. The molecule has 74 valence electrons. The maximum atomic E-state index is 8.89. The third-order valence-electron chi connectivity index (χ3n) is 2.15. The zero-order valence-electron chi connectivity index (χ0n) is 8.25. The third kappa shape index (κ3) is 2.18. The van der Waals surface area contributed by atoms with E-state index in [0.29, 0.717) is 10.8 Å². The molecule has 0 aliphatic heterocycles. The van der Waals surface area contributed by atoms with E-state index in [1.54, 1.807) is 13.2 Å². The van der Waals surface area contributed by atoms with Gasteiger partial charge in [-0.15, -0.1) is 0 Å². The predicted molar refractivity (Wildman–Crippen MR) is 56.6 cm³/mol. The van der Waals surface area contributed by atoms with Crippen molar-refractivity contribution in [1.29, 1.82) is 5.26 Å². The van der Waals surface area contributed by atoms with Crippen LogP contribution in [0.4, 0.5) is 0 Å². The fourth-order valence-corrected chi connectivity index (χ4v) is 1.60. The minimum absolute atomic E-state index is 0.131. The maximum absolute atomic E-state index is 8.89. The van der Waals surface area contributed by atoms with Crippen LogP contribution in [0.25, 0.3) is 0 Å². The Balaban J connectivity index is 3.06. The molecule has 0 saturated heterocycles. The summed E-state index contributed by atoms with van der Waals surface area (Å²) < 4.78 is 5.03. The zero-order valence-corrected chi connectivity index (χ0v) is 9.01. The van der Waals surface area contributed by atoms with E-state index in [-0.39, 0.29) is 5.92 Å². The Kier molecular flexibility index (Phi) is 3.79. The van der Waals surface area contributed by atoms with Crippen LogP contribution in [0.1, 0.15) is 24.8 Å². The number of hydrogen-bond acceptors (Lipinski definition) is 2. The molecule has 0 aromatic heterocycles. The van der Waals surface area contributed by atoms with Gasteiger partial charge < -0.3 is 4.74 Å². The first-order chi connectivity index (χ1) is 6.72. The summed E-state index contributed by atoms with van der Waals surface area (Å²) in [5.41, 5.74) is 0.873. The maximum Gasteiger partial charge on any atom is 0.120 e. The topological polar surface area (TPSA) is 33.0 Å². The van der Waals surface area contributed by atoms with Crippen molar-refractivity contribution in [3.8, 4) is 11.8 Å². The van der Waals surface area contributed by atoms with Crippen molar-refractivity contribution in [2.75, 3.05) is 7.11 Å². The van der Waals surface area contributed by atoms with Crippen LogP contribution in [0.15, 0.2) is 18.2 Å². The van der Waals surface area contributed by atoms with E-state index < -0.39 is 0 Å². The van der Waals surface area contributed by atoms with E-state index in [4.69, 9.17) is 21.6 Å². The molecule has 0 aliphatic rings. The van der Waals surface area contributed by atoms with Crippen LogP contribution in [0.5, 0.6) is 5.75 Å². The monoisotopic (exact) mass is 209 g/mol. The number of nitrogens with zero attached hydrogens (tertiary/aromatic N) is 1. The van der Waals surface area contributed by atoms with Crippen LogP contribution in [0, 0.1) is 11.3 Å². The molecule has 0 radical (unpaired) electrons. The van der Waals surface area contributed by atoms with Crippen LogP contribution in [-0.4, -0.2) is 7.11 Å². The molecule has 2 nitrogen and oxygen atoms in total. The Morgan fingerprint density at radius 3 is 2.71 bits per heavy atom. The summed E-state index contributed by atoms with van der Waals surface area (Å²) in [5.74, 6) is 0.583. The lowest BCUT2D eigenvalue weighted by atomic mass is 9.98. The van der Waals surface area contributed by atoms with E-state index in [9.17, 15) is 0 Å². The predicted octanol–water partition coefficient (Wildman–Crippen LogP) is 3.37. The molecule has 0 spiro atoms. The van der Waals surface area contributed by atoms with Crippen LogP contribution < -0.4 is 4.74 Å². The first kappa shape index (κ1) is 10.9. The molecule has 0 saturated carbocycles. The van der Waals surface area contributed by atoms with Crippen molar-refractivity contribution in [3.63, 3.8) is 0 Å². The molecule has 0 amide bonds. The second kappa shape index (κ2) is 4.88. The van der Waals surface area contributed by atoms with Gasteiger partial charge in [-0.25, -0.2) is 0 Å². The van der Waals surface area contributed by atoms with Gasteiger partial charge in [-0.05, 0) is 24.1 Å². The highest BCUT2D eigenvalue weighted by atomic mass is 35.5. The summed E-state index contributed by atoms with van der Waals surface area (Å²) in [4.78, 5) is 0. The smallest absolute Gasteiger partial charge is 0.120 e. The summed E-state index contributed by atoms with van der Waals surface area (Å²) in [6.07, 6.45) is 0.766. The van der Waals surface area contributed by atoms with E-state index in [2.05, 4.69) is 6.07 Å². The van der Waals surface area contributed by atoms with E-state index in [0.717, 1.165) is 12.0 Å². The average Bonchev–Trinajstić information content (AvgIpc) is 2.22. The molecule has 1 aromatic rings. The van der Waals surface area contributed by atoms with Gasteiger partial charge in [0.05, 0.1) is 19.1 Å². The number of hydrogen-bond donors (Lipinski definition) is 0. The van der Waals surface area contributed by atoms with Gasteiger partial charge in [0.1, 0.15) is 5.75 Å². The molecule has 1 atom stereocenters. The van der Waals surface area contributed by atoms with Gasteiger partial charge in [0.2, 0.25) is 0 Å². The quantitative estimate of drug-likeness (QED) is 0.765. The molecule has 1 unspecified atom stereocenters. The van der Waals surface area contributed by atoms with E-state index in [1.807, 2.05) is 19.1 Å². The molecule has 14 heavy (non-hydrogen) atoms. The summed E-state index contributed by atoms with van der Waals surface area (Å²) in [6, 6.07) is 7.62. The third-order valence-corrected chi connectivity index (χ3v) is 2.47. The molecule has 0 N–H and O–H groups in total. The minimum Gasteiger partial charge on any atom is -0.497 e. The second-order valence-corrected chi connectivity index (χ2v) is 3.38. The summed E-state index contributed by atoms with van der Waals surface area (Å²) in [7, 11) is 1.59. The molecule has 0 heterocycles. The van der Waals surface area contributed by atoms with E-state index in [1.165, 1.54) is 0 Å². The zero-order chi connectivity index (χ0) is 10.6. The Labute approximate surface area is 89.1 Å². The lowest BCUT2D eigenvalue weighted by molar-refractivity contribution is 0.414. The van der Waals surface area contributed by atoms with Crippen LogP contribution in [-0.2, 0) is 0 Å². The number of benzene rings is 1. The molecule has 0 fully saturated rings. The molecule has 1 aromatic carbocycles. The minimum atomic E-state index is -0.131. The molecule has 0 aliphatic carbocycles. The van der Waals surface area contributed by atoms with Gasteiger partial charge >= 0.3 is 0 Å². The van der Waals surface area contributed by atoms with Crippen molar-refractivity contribution in [3.05, 3.63) is 28.8 Å². The van der Waals surface area contributed by atoms with Gasteiger partial charge in [0.25, 0.3) is 0 Å². The lowest BCUT2D eigenvalue weighted by Crippen LogP contribution is -1.95. The first-order valence-corrected chi connectivity index (χ1v) is 4.83. The first-order valence-electron chi connectivity index (χ1n) is 4.46. The number of rotatable bonds is 3. The lowest BCUT2D eigenvalue weighted by Gasteiger charge is -2.09. The SMILES string of the molecule is CCC(C#N)c1ccc(OC)cc1Cl. The molecule has 3 heteroatoms. The normalized spacial score (nSPS) is 11.9. The van der Waals surface area contributed by atoms with Crippen LogP contribution >= 0.6 is 11.6 Å². The van der Waals surface area contributed by atoms with Crippen molar-refractivity contribution >= 4 is 11.6 Å². The number of nitriles is 1. The van der Waals surface area contributed by atoms with Crippen LogP contribution in [0.2, 0.25) is 5.02 Å². The number of halogens is 1. The van der Waals surface area contributed by atoms with Crippen molar-refractivity contribution < 1.29 is 4.74 Å². The molecule has 0 bridgehead atoms. The van der Waals surface area contributed by atoms with E-state index >= 15 is 0 Å². The summed E-state index contributed by atoms with van der Waals surface area (Å²) in [5, 5.41) is 9.49. The van der Waals surface area contributed by atoms with Gasteiger partial charge in [-0.2, -0.15) is 5.26 Å². The largest absolute Gasteiger partial charge is 0.497 e. The summed E-state index contributed by atoms with van der Waals surface area (Å²) in [6.45, 7) is 1.97. The molecular formula is C11H12ClNO. The van der Waals surface area contributed by atoms with Gasteiger partial charge in [0, 0.05) is 5.02 Å². The van der Waals surface area contributed by atoms with Crippen molar-refractivity contribution in [1.82, 2.24) is 0 Å². The van der Waals surface area contributed by atoms with Crippen molar-refractivity contribution in [2.45, 2.75) is 19.3 Å². The highest BCUT2D eigenvalue weighted by molar-refractivity contribution is 6.31.